The monoisotopic (exact) mass is 269 g/mol. The molecule has 1 atom stereocenters. The second-order valence-electron chi connectivity index (χ2n) is 7.32. The van der Waals surface area contributed by atoms with Crippen molar-refractivity contribution in [1.82, 2.24) is 5.32 Å². The van der Waals surface area contributed by atoms with Crippen molar-refractivity contribution >= 4 is 5.97 Å². The molecule has 2 aliphatic rings. The zero-order valence-corrected chi connectivity index (χ0v) is 12.1. The normalized spacial score (nSPS) is 38.3. The van der Waals surface area contributed by atoms with Crippen molar-refractivity contribution in [2.75, 3.05) is 6.54 Å². The molecule has 4 nitrogen and oxygen atoms in total. The van der Waals surface area contributed by atoms with E-state index in [-0.39, 0.29) is 5.92 Å². The molecule has 0 spiro atoms. The highest BCUT2D eigenvalue weighted by molar-refractivity contribution is 5.70. The summed E-state index contributed by atoms with van der Waals surface area (Å²) < 4.78 is 0. The molecule has 0 amide bonds. The molecule has 2 rings (SSSR count). The van der Waals surface area contributed by atoms with Gasteiger partial charge in [-0.3, -0.25) is 4.79 Å². The van der Waals surface area contributed by atoms with Crippen LogP contribution in [0.3, 0.4) is 0 Å². The summed E-state index contributed by atoms with van der Waals surface area (Å²) in [6, 6.07) is 0.510. The van der Waals surface area contributed by atoms with Crippen molar-refractivity contribution in [3.63, 3.8) is 0 Å². The molecule has 0 bridgehead atoms. The molecule has 0 aliphatic heterocycles. The van der Waals surface area contributed by atoms with Gasteiger partial charge in [0.05, 0.1) is 11.5 Å². The van der Waals surface area contributed by atoms with Crippen molar-refractivity contribution in [3.05, 3.63) is 0 Å². The Hall–Kier alpha value is -0.610. The molecule has 0 aromatic carbocycles. The Morgan fingerprint density at radius 3 is 2.32 bits per heavy atom. The zero-order chi connectivity index (χ0) is 14.1. The number of carboxylic acid groups (broad SMARTS) is 1. The van der Waals surface area contributed by atoms with Gasteiger partial charge in [-0.1, -0.05) is 13.8 Å². The smallest absolute Gasteiger partial charge is 0.306 e. The van der Waals surface area contributed by atoms with E-state index in [1.807, 2.05) is 0 Å². The van der Waals surface area contributed by atoms with Gasteiger partial charge in [0.15, 0.2) is 0 Å². The van der Waals surface area contributed by atoms with Gasteiger partial charge in [0, 0.05) is 12.6 Å². The van der Waals surface area contributed by atoms with E-state index in [9.17, 15) is 9.90 Å². The minimum absolute atomic E-state index is 0.259. The van der Waals surface area contributed by atoms with Crippen LogP contribution in [0.4, 0.5) is 0 Å². The third kappa shape index (κ3) is 3.93. The lowest BCUT2D eigenvalue weighted by Gasteiger charge is -2.35. The van der Waals surface area contributed by atoms with Gasteiger partial charge in [0.1, 0.15) is 0 Å². The molecule has 0 aromatic rings. The van der Waals surface area contributed by atoms with E-state index in [1.54, 1.807) is 0 Å². The number of nitrogens with one attached hydrogen (secondary N) is 1. The Morgan fingerprint density at radius 2 is 1.84 bits per heavy atom. The minimum atomic E-state index is -0.715. The maximum absolute atomic E-state index is 10.9. The van der Waals surface area contributed by atoms with Gasteiger partial charge in [0.2, 0.25) is 0 Å². The lowest BCUT2D eigenvalue weighted by Crippen LogP contribution is -2.47. The van der Waals surface area contributed by atoms with Crippen molar-refractivity contribution in [2.24, 2.45) is 11.3 Å². The highest BCUT2D eigenvalue weighted by Gasteiger charge is 2.37. The maximum Gasteiger partial charge on any atom is 0.306 e. The van der Waals surface area contributed by atoms with E-state index in [0.29, 0.717) is 43.7 Å². The fourth-order valence-corrected chi connectivity index (χ4v) is 3.52. The van der Waals surface area contributed by atoms with E-state index in [4.69, 9.17) is 5.11 Å². The Kier molecular flexibility index (Phi) is 4.21. The highest BCUT2D eigenvalue weighted by atomic mass is 16.4. The van der Waals surface area contributed by atoms with Gasteiger partial charge in [-0.25, -0.2) is 0 Å². The molecule has 1 unspecified atom stereocenters. The van der Waals surface area contributed by atoms with E-state index < -0.39 is 11.6 Å². The zero-order valence-electron chi connectivity index (χ0n) is 12.1. The van der Waals surface area contributed by atoms with Crippen molar-refractivity contribution in [3.8, 4) is 0 Å². The molecule has 0 aromatic heterocycles. The first kappa shape index (κ1) is 14.8. The fourth-order valence-electron chi connectivity index (χ4n) is 3.52. The van der Waals surface area contributed by atoms with Crippen LogP contribution in [0.15, 0.2) is 0 Å². The van der Waals surface area contributed by atoms with Crippen LogP contribution in [0, 0.1) is 11.3 Å². The molecule has 3 N–H and O–H groups in total. The molecule has 0 heterocycles. The van der Waals surface area contributed by atoms with Crippen molar-refractivity contribution < 1.29 is 15.0 Å². The van der Waals surface area contributed by atoms with E-state index >= 15 is 0 Å². The van der Waals surface area contributed by atoms with Crippen molar-refractivity contribution in [2.45, 2.75) is 70.4 Å². The average Bonchev–Trinajstić information content (AvgIpc) is 2.67. The van der Waals surface area contributed by atoms with Crippen LogP contribution in [0.1, 0.15) is 58.8 Å². The molecular formula is C15H27NO3. The summed E-state index contributed by atoms with van der Waals surface area (Å²) >= 11 is 0. The lowest BCUT2D eigenvalue weighted by molar-refractivity contribution is -0.144. The molecule has 19 heavy (non-hydrogen) atoms. The molecule has 2 saturated carbocycles. The fraction of sp³-hybridized carbons (Fsp3) is 0.933. The molecule has 2 aliphatic carbocycles. The number of carboxylic acids is 1. The summed E-state index contributed by atoms with van der Waals surface area (Å²) in [6.45, 7) is 5.20. The van der Waals surface area contributed by atoms with Crippen LogP contribution < -0.4 is 5.32 Å². The topological polar surface area (TPSA) is 69.6 Å². The van der Waals surface area contributed by atoms with Gasteiger partial charge in [0.25, 0.3) is 0 Å². The molecule has 0 radical (unpaired) electrons. The van der Waals surface area contributed by atoms with Crippen molar-refractivity contribution in [1.29, 1.82) is 0 Å². The van der Waals surface area contributed by atoms with Crippen LogP contribution in [-0.4, -0.2) is 34.4 Å². The molecule has 4 heteroatoms. The van der Waals surface area contributed by atoms with Crippen LogP contribution in [0.5, 0.6) is 0 Å². The average molecular weight is 269 g/mol. The summed E-state index contributed by atoms with van der Waals surface area (Å²) in [7, 11) is 0. The molecule has 2 fully saturated rings. The second-order valence-corrected chi connectivity index (χ2v) is 7.32. The van der Waals surface area contributed by atoms with E-state index in [1.165, 1.54) is 19.3 Å². The quantitative estimate of drug-likeness (QED) is 0.731. The number of rotatable bonds is 4. The molecule has 110 valence electrons. The maximum atomic E-state index is 10.9. The van der Waals surface area contributed by atoms with Crippen LogP contribution in [-0.2, 0) is 4.79 Å². The number of hydrogen-bond acceptors (Lipinski definition) is 3. The Morgan fingerprint density at radius 1 is 1.21 bits per heavy atom. The number of carbonyl (C=O) groups is 1. The van der Waals surface area contributed by atoms with Gasteiger partial charge in [-0.2, -0.15) is 0 Å². The molecule has 0 saturated heterocycles. The van der Waals surface area contributed by atoms with Crippen LogP contribution in [0.2, 0.25) is 0 Å². The third-order valence-electron chi connectivity index (χ3n) is 4.95. The van der Waals surface area contributed by atoms with E-state index in [0.717, 1.165) is 0 Å². The largest absolute Gasteiger partial charge is 0.481 e. The van der Waals surface area contributed by atoms with Crippen LogP contribution in [0.25, 0.3) is 0 Å². The second kappa shape index (κ2) is 5.41. The first-order chi connectivity index (χ1) is 8.80. The first-order valence-corrected chi connectivity index (χ1v) is 7.48. The highest BCUT2D eigenvalue weighted by Crippen LogP contribution is 2.37. The predicted octanol–water partition coefficient (Wildman–Crippen LogP) is 2.16. The number of aliphatic carboxylic acids is 1. The van der Waals surface area contributed by atoms with Crippen LogP contribution >= 0.6 is 0 Å². The lowest BCUT2D eigenvalue weighted by atomic mass is 9.78. The third-order valence-corrected chi connectivity index (χ3v) is 4.95. The van der Waals surface area contributed by atoms with Gasteiger partial charge < -0.3 is 15.5 Å². The van der Waals surface area contributed by atoms with Gasteiger partial charge in [-0.15, -0.1) is 0 Å². The van der Waals surface area contributed by atoms with E-state index in [2.05, 4.69) is 19.2 Å². The summed E-state index contributed by atoms with van der Waals surface area (Å²) in [5, 5.41) is 23.0. The number of hydrogen-bond donors (Lipinski definition) is 3. The van der Waals surface area contributed by atoms with Gasteiger partial charge in [-0.05, 0) is 50.4 Å². The summed E-state index contributed by atoms with van der Waals surface area (Å²) in [5.41, 5.74) is -0.278. The number of aliphatic hydroxyl groups is 1. The SMILES string of the molecule is CC1(C)CCC(NCC2(O)CCC(C(=O)O)CC2)C1. The first-order valence-electron chi connectivity index (χ1n) is 7.48. The van der Waals surface area contributed by atoms with Gasteiger partial charge >= 0.3 is 5.97 Å². The Balaban J connectivity index is 1.76. The molecular weight excluding hydrogens is 242 g/mol. The minimum Gasteiger partial charge on any atom is -0.481 e. The standard InChI is InChI=1S/C15H27NO3/c1-14(2)6-5-12(9-14)16-10-15(19)7-3-11(4-8-15)13(17)18/h11-12,16,19H,3-10H2,1-2H3,(H,17,18). The predicted molar refractivity (Wildman–Crippen MR) is 74.0 cm³/mol. The Labute approximate surface area is 115 Å². The summed E-state index contributed by atoms with van der Waals surface area (Å²) in [4.78, 5) is 10.9. The summed E-state index contributed by atoms with van der Waals surface area (Å²) in [6.07, 6.45) is 6.00. The summed E-state index contributed by atoms with van der Waals surface area (Å²) in [5.74, 6) is -0.974. The Bertz CT molecular complexity index is 332.